The highest BCUT2D eigenvalue weighted by molar-refractivity contribution is 7.84. The monoisotopic (exact) mass is 694 g/mol. The molecule has 2 aromatic rings. The zero-order valence-electron chi connectivity index (χ0n) is 29.6. The number of rotatable bonds is 3. The number of carbonyl (C=O) groups excluding carboxylic acids is 1. The van der Waals surface area contributed by atoms with Crippen LogP contribution >= 0.6 is 11.6 Å². The maximum absolute atomic E-state index is 13.5. The fourth-order valence-corrected chi connectivity index (χ4v) is 10.7. The maximum Gasteiger partial charge on any atom is 0.263 e. The van der Waals surface area contributed by atoms with Crippen molar-refractivity contribution in [2.45, 2.75) is 88.3 Å². The third-order valence-corrected chi connectivity index (χ3v) is 14.9. The lowest BCUT2D eigenvalue weighted by atomic mass is 9.64. The van der Waals surface area contributed by atoms with Crippen LogP contribution in [0.5, 0.6) is 5.75 Å². The van der Waals surface area contributed by atoms with Crippen LogP contribution in [0.15, 0.2) is 36.4 Å². The Morgan fingerprint density at radius 1 is 1.04 bits per heavy atom. The number of hydrogen-bond acceptors (Lipinski definition) is 6. The number of benzene rings is 2. The Kier molecular flexibility index (Phi) is 9.68. The van der Waals surface area contributed by atoms with E-state index in [2.05, 4.69) is 59.5 Å². The summed E-state index contributed by atoms with van der Waals surface area (Å²) in [4.78, 5) is 21.2. The smallest absolute Gasteiger partial charge is 0.263 e. The van der Waals surface area contributed by atoms with E-state index in [4.69, 9.17) is 16.3 Å². The summed E-state index contributed by atoms with van der Waals surface area (Å²) < 4.78 is 23.0. The molecule has 7 nitrogen and oxygen atoms in total. The fraction of sp³-hybridized carbons (Fsp3) is 0.667. The summed E-state index contributed by atoms with van der Waals surface area (Å²) in [5.74, 6) is 2.75. The minimum Gasteiger partial charge on any atom is -0.490 e. The fourth-order valence-electron chi connectivity index (χ4n) is 9.47. The van der Waals surface area contributed by atoms with E-state index in [0.717, 1.165) is 74.7 Å². The summed E-state index contributed by atoms with van der Waals surface area (Å²) in [7, 11) is 2.96. The summed E-state index contributed by atoms with van der Waals surface area (Å²) >= 11 is 6.49. The van der Waals surface area contributed by atoms with Gasteiger partial charge in [-0.15, -0.1) is 0 Å². The van der Waals surface area contributed by atoms with Crippen molar-refractivity contribution < 1.29 is 13.7 Å². The Balaban J connectivity index is 1.23. The van der Waals surface area contributed by atoms with E-state index >= 15 is 0 Å². The molecule has 3 aliphatic heterocycles. The molecule has 5 unspecified atom stereocenters. The highest BCUT2D eigenvalue weighted by atomic mass is 35.5. The van der Waals surface area contributed by atoms with Gasteiger partial charge < -0.3 is 14.5 Å². The molecule has 262 valence electrons. The Bertz CT molecular complexity index is 1550. The quantitative estimate of drug-likeness (QED) is 0.386. The highest BCUT2D eigenvalue weighted by Crippen LogP contribution is 2.48. The Morgan fingerprint density at radius 2 is 1.85 bits per heavy atom. The van der Waals surface area contributed by atoms with Gasteiger partial charge in [0.05, 0.1) is 17.5 Å². The average molecular weight is 695 g/mol. The Labute approximate surface area is 295 Å². The number of hydrogen-bond donors (Lipinski definition) is 1. The van der Waals surface area contributed by atoms with E-state index in [1.165, 1.54) is 36.9 Å². The molecule has 0 radical (unpaired) electrons. The van der Waals surface area contributed by atoms with Crippen molar-refractivity contribution in [1.29, 1.82) is 0 Å². The molecule has 5 aliphatic rings. The first-order chi connectivity index (χ1) is 22.9. The number of amides is 1. The first-order valence-electron chi connectivity index (χ1n) is 18.4. The van der Waals surface area contributed by atoms with Gasteiger partial charge in [0, 0.05) is 54.3 Å². The molecule has 7 rings (SSSR count). The van der Waals surface area contributed by atoms with Crippen LogP contribution in [-0.4, -0.2) is 84.1 Å². The van der Waals surface area contributed by atoms with E-state index in [9.17, 15) is 9.00 Å². The van der Waals surface area contributed by atoms with Crippen LogP contribution in [0, 0.1) is 23.7 Å². The molecule has 1 spiro atoms. The number of likely N-dealkylation sites (tertiary alicyclic amines) is 1. The molecule has 1 saturated heterocycles. The maximum atomic E-state index is 13.5. The van der Waals surface area contributed by atoms with Crippen molar-refractivity contribution in [3.63, 3.8) is 0 Å². The van der Waals surface area contributed by atoms with Crippen LogP contribution in [-0.2, 0) is 22.8 Å². The number of nitrogens with zero attached hydrogens (tertiary/aromatic N) is 3. The van der Waals surface area contributed by atoms with Gasteiger partial charge in [-0.3, -0.25) is 14.4 Å². The van der Waals surface area contributed by atoms with Crippen LogP contribution in [0.2, 0.25) is 5.02 Å². The van der Waals surface area contributed by atoms with Crippen molar-refractivity contribution in [3.05, 3.63) is 58.1 Å². The minimum atomic E-state index is -1.46. The molecule has 7 atom stereocenters. The molecule has 1 amide bonds. The van der Waals surface area contributed by atoms with Crippen LogP contribution < -0.4 is 14.4 Å². The topological polar surface area (TPSA) is 65.1 Å². The minimum absolute atomic E-state index is 0.117. The predicted molar refractivity (Wildman–Crippen MR) is 197 cm³/mol. The molecule has 2 bridgehead atoms. The highest BCUT2D eigenvalue weighted by Gasteiger charge is 2.46. The van der Waals surface area contributed by atoms with Gasteiger partial charge in [0.1, 0.15) is 16.7 Å². The van der Waals surface area contributed by atoms with Gasteiger partial charge in [0.15, 0.2) is 0 Å². The molecular weight excluding hydrogens is 640 g/mol. The van der Waals surface area contributed by atoms with Gasteiger partial charge in [-0.1, -0.05) is 31.0 Å². The normalized spacial score (nSPS) is 33.8. The first-order valence-corrected chi connectivity index (χ1v) is 20.0. The molecule has 2 aromatic carbocycles. The number of carbonyl (C=O) groups is 1. The number of aryl methyl sites for hydroxylation is 1. The summed E-state index contributed by atoms with van der Waals surface area (Å²) in [5.41, 5.74) is 4.34. The summed E-state index contributed by atoms with van der Waals surface area (Å²) in [6.07, 6.45) is 9.10. The molecule has 1 N–H and O–H groups in total. The molecule has 2 aliphatic carbocycles. The number of anilines is 1. The third kappa shape index (κ3) is 6.56. The molecule has 2 fully saturated rings. The standard InChI is InChI=1S/C39H55ClN4O3S/c1-26-8-6-9-30(20-43-22-38(3,23-43)42(4)5)33-14-11-31(33)21-44-24-39(17-7-10-28-18-32(40)13-15-34(28)39)25-47-36-16-12-29(19-35(36)44)37(45)41-48(46)27(26)2/h12-13,15-16,18-19,26-27,30-31,33H,6-11,14,17,20-25H2,1-5H3,(H,41,45)/t26?,27?,30-,31?,33?,39-,48?/m0/s1. The number of ether oxygens (including phenoxy) is 1. The number of likely N-dealkylation sites (N-methyl/N-ethyl adjacent to an activating group) is 1. The number of nitrogens with one attached hydrogen (secondary N) is 1. The predicted octanol–water partition coefficient (Wildman–Crippen LogP) is 6.69. The second-order valence-electron chi connectivity index (χ2n) is 16.5. The molecule has 1 saturated carbocycles. The summed E-state index contributed by atoms with van der Waals surface area (Å²) in [6, 6.07) is 12.2. The van der Waals surface area contributed by atoms with Crippen molar-refractivity contribution in [2.24, 2.45) is 23.7 Å². The zero-order valence-corrected chi connectivity index (χ0v) is 31.2. The van der Waals surface area contributed by atoms with Crippen molar-refractivity contribution in [3.8, 4) is 5.75 Å². The van der Waals surface area contributed by atoms with Crippen molar-refractivity contribution in [1.82, 2.24) is 14.5 Å². The zero-order chi connectivity index (χ0) is 33.8. The van der Waals surface area contributed by atoms with E-state index in [1.54, 1.807) is 0 Å². The summed E-state index contributed by atoms with van der Waals surface area (Å²) in [6.45, 7) is 12.4. The molecule has 0 aromatic heterocycles. The largest absolute Gasteiger partial charge is 0.490 e. The Morgan fingerprint density at radius 3 is 2.60 bits per heavy atom. The molecule has 9 heteroatoms. The van der Waals surface area contributed by atoms with E-state index in [0.29, 0.717) is 29.9 Å². The first kappa shape index (κ1) is 34.3. The number of fused-ring (bicyclic) bond motifs is 4. The Hall–Kier alpha value is -2.13. The number of halogens is 1. The molecular formula is C39H55ClN4O3S. The molecule has 3 heterocycles. The van der Waals surface area contributed by atoms with Crippen LogP contribution in [0.25, 0.3) is 0 Å². The van der Waals surface area contributed by atoms with Gasteiger partial charge >= 0.3 is 0 Å². The second kappa shape index (κ2) is 13.5. The molecule has 48 heavy (non-hydrogen) atoms. The van der Waals surface area contributed by atoms with E-state index < -0.39 is 11.0 Å². The van der Waals surface area contributed by atoms with Crippen LogP contribution in [0.1, 0.15) is 87.2 Å². The van der Waals surface area contributed by atoms with Gasteiger partial charge in [0.25, 0.3) is 5.91 Å². The SMILES string of the molecule is CC1CCC[C@@H](CN2CC(C)(N(C)C)C2)C2CCC2CN2C[C@@]3(CCCc4cc(Cl)ccc43)COc3ccc(cc32)C(=O)NS(=O)C1C. The average Bonchev–Trinajstić information content (AvgIpc) is 3.17. The van der Waals surface area contributed by atoms with Crippen LogP contribution in [0.3, 0.4) is 0 Å². The van der Waals surface area contributed by atoms with E-state index in [1.807, 2.05) is 31.2 Å². The van der Waals surface area contributed by atoms with Crippen LogP contribution in [0.4, 0.5) is 5.69 Å². The van der Waals surface area contributed by atoms with E-state index in [-0.39, 0.29) is 28.0 Å². The second-order valence-corrected chi connectivity index (χ2v) is 18.4. The lowest BCUT2D eigenvalue weighted by molar-refractivity contribution is -0.0405. The van der Waals surface area contributed by atoms with Crippen molar-refractivity contribution in [2.75, 3.05) is 58.3 Å². The lowest BCUT2D eigenvalue weighted by Crippen LogP contribution is -2.67. The van der Waals surface area contributed by atoms with Gasteiger partial charge in [0.2, 0.25) is 0 Å². The summed E-state index contributed by atoms with van der Waals surface area (Å²) in [5, 5.41) is 0.676. The third-order valence-electron chi connectivity index (χ3n) is 13.1. The van der Waals surface area contributed by atoms with Gasteiger partial charge in [-0.25, -0.2) is 4.21 Å². The lowest BCUT2D eigenvalue weighted by Gasteiger charge is -2.54. The van der Waals surface area contributed by atoms with Crippen molar-refractivity contribution >= 4 is 34.2 Å². The van der Waals surface area contributed by atoms with Gasteiger partial charge in [-0.2, -0.15) is 0 Å². The van der Waals surface area contributed by atoms with Gasteiger partial charge in [-0.05, 0) is 138 Å².